The van der Waals surface area contributed by atoms with E-state index in [9.17, 15) is 13.2 Å². The molecule has 0 radical (unpaired) electrons. The van der Waals surface area contributed by atoms with Crippen molar-refractivity contribution in [2.75, 3.05) is 18.1 Å². The van der Waals surface area contributed by atoms with Crippen LogP contribution in [0.3, 0.4) is 0 Å². The molecule has 1 unspecified atom stereocenters. The van der Waals surface area contributed by atoms with Gasteiger partial charge in [-0.15, -0.1) is 0 Å². The van der Waals surface area contributed by atoms with Crippen molar-refractivity contribution >= 4 is 21.4 Å². The largest absolute Gasteiger partial charge is 0.492 e. The minimum atomic E-state index is -3.19. The van der Waals surface area contributed by atoms with Gasteiger partial charge in [0.05, 0.1) is 24.1 Å². The second kappa shape index (κ2) is 5.54. The second-order valence-corrected chi connectivity index (χ2v) is 6.35. The summed E-state index contributed by atoms with van der Waals surface area (Å²) in [5, 5.41) is 3.74. The summed E-state index contributed by atoms with van der Waals surface area (Å²) in [6.07, 6.45) is 1.46. The summed E-state index contributed by atoms with van der Waals surface area (Å²) >= 11 is 0. The smallest absolute Gasteiger partial charge is 0.251 e. The fourth-order valence-electron chi connectivity index (χ4n) is 1.89. The van der Waals surface area contributed by atoms with Crippen molar-refractivity contribution in [1.82, 2.24) is 5.32 Å². The van der Waals surface area contributed by atoms with Crippen LogP contribution >= 0.6 is 0 Å². The Hall–Kier alpha value is -2.02. The Bertz CT molecular complexity index is 652. The first-order chi connectivity index (χ1) is 9.41. The molecule has 0 bridgehead atoms. The molecule has 0 spiro atoms. The van der Waals surface area contributed by atoms with Gasteiger partial charge in [-0.25, -0.2) is 8.42 Å². The van der Waals surface area contributed by atoms with E-state index in [-0.39, 0.29) is 11.7 Å². The molecule has 0 aliphatic carbocycles. The molecular formula is C13H16N2O4S. The minimum Gasteiger partial charge on any atom is -0.492 e. The number of carbonyl (C=O) groups is 1. The molecule has 1 aromatic carbocycles. The molecular weight excluding hydrogens is 280 g/mol. The zero-order valence-corrected chi connectivity index (χ0v) is 11.8. The Morgan fingerprint density at radius 2 is 2.25 bits per heavy atom. The van der Waals surface area contributed by atoms with Crippen LogP contribution < -0.4 is 15.8 Å². The van der Waals surface area contributed by atoms with Gasteiger partial charge in [-0.05, 0) is 31.2 Å². The molecule has 2 rings (SSSR count). The van der Waals surface area contributed by atoms with Gasteiger partial charge in [-0.2, -0.15) is 0 Å². The first kappa shape index (κ1) is 14.4. The number of rotatable bonds is 4. The molecule has 0 fully saturated rings. The summed E-state index contributed by atoms with van der Waals surface area (Å²) in [7, 11) is -3.19. The van der Waals surface area contributed by atoms with Crippen LogP contribution in [0.1, 0.15) is 17.3 Å². The van der Waals surface area contributed by atoms with Crippen molar-refractivity contribution in [1.29, 1.82) is 0 Å². The second-order valence-electron chi connectivity index (χ2n) is 4.42. The number of nitrogen functional groups attached to an aromatic ring is 1. The highest BCUT2D eigenvalue weighted by Crippen LogP contribution is 2.22. The van der Waals surface area contributed by atoms with Gasteiger partial charge >= 0.3 is 0 Å². The average molecular weight is 296 g/mol. The Labute approximate surface area is 117 Å². The van der Waals surface area contributed by atoms with Crippen molar-refractivity contribution in [3.8, 4) is 5.75 Å². The Kier molecular flexibility index (Phi) is 3.99. The van der Waals surface area contributed by atoms with Crippen LogP contribution in [0.4, 0.5) is 5.69 Å². The molecule has 7 heteroatoms. The summed E-state index contributed by atoms with van der Waals surface area (Å²) in [5.41, 5.74) is 6.52. The fraction of sp³-hybridized carbons (Fsp3) is 0.308. The number of ether oxygens (including phenoxy) is 1. The molecule has 1 heterocycles. The van der Waals surface area contributed by atoms with Crippen molar-refractivity contribution in [2.45, 2.75) is 13.0 Å². The van der Waals surface area contributed by atoms with Gasteiger partial charge in [0.1, 0.15) is 5.75 Å². The highest BCUT2D eigenvalue weighted by Gasteiger charge is 2.23. The number of amides is 1. The highest BCUT2D eigenvalue weighted by atomic mass is 32.2. The van der Waals surface area contributed by atoms with E-state index in [4.69, 9.17) is 10.5 Å². The molecule has 3 N–H and O–H groups in total. The molecule has 108 valence electrons. The van der Waals surface area contributed by atoms with Crippen LogP contribution in [0.15, 0.2) is 29.7 Å². The molecule has 20 heavy (non-hydrogen) atoms. The molecule has 0 saturated heterocycles. The zero-order valence-electron chi connectivity index (χ0n) is 11.0. The highest BCUT2D eigenvalue weighted by molar-refractivity contribution is 7.94. The summed E-state index contributed by atoms with van der Waals surface area (Å²) in [6, 6.07) is 4.21. The van der Waals surface area contributed by atoms with Crippen LogP contribution in [0, 0.1) is 0 Å². The third-order valence-electron chi connectivity index (χ3n) is 2.82. The van der Waals surface area contributed by atoms with Gasteiger partial charge < -0.3 is 15.8 Å². The van der Waals surface area contributed by atoms with Crippen LogP contribution in [-0.2, 0) is 9.84 Å². The Balaban J connectivity index is 2.07. The van der Waals surface area contributed by atoms with E-state index in [1.807, 2.05) is 6.92 Å². The van der Waals surface area contributed by atoms with Crippen LogP contribution in [0.2, 0.25) is 0 Å². The van der Waals surface area contributed by atoms with Gasteiger partial charge in [0.25, 0.3) is 5.91 Å². The topological polar surface area (TPSA) is 98.5 Å². The normalized spacial score (nSPS) is 19.8. The van der Waals surface area contributed by atoms with E-state index >= 15 is 0 Å². The predicted molar refractivity (Wildman–Crippen MR) is 76.2 cm³/mol. The van der Waals surface area contributed by atoms with Crippen LogP contribution in [-0.4, -0.2) is 32.7 Å². The number of hydrogen-bond donors (Lipinski definition) is 2. The molecule has 1 amide bonds. The molecule has 1 aliphatic heterocycles. The number of nitrogens with one attached hydrogen (secondary N) is 1. The molecule has 0 aromatic heterocycles. The number of anilines is 1. The summed E-state index contributed by atoms with van der Waals surface area (Å²) in [5.74, 6) is 0.0458. The van der Waals surface area contributed by atoms with Crippen molar-refractivity contribution in [3.05, 3.63) is 35.2 Å². The lowest BCUT2D eigenvalue weighted by atomic mass is 10.1. The fourth-order valence-corrected chi connectivity index (χ4v) is 3.13. The van der Waals surface area contributed by atoms with Crippen molar-refractivity contribution < 1.29 is 17.9 Å². The number of carbonyl (C=O) groups excluding carboxylic acids is 1. The SMILES string of the molecule is CCOc1ccc(C(=O)NC2C=CS(=O)(=O)C2)cc1N. The van der Waals surface area contributed by atoms with Crippen molar-refractivity contribution in [3.63, 3.8) is 0 Å². The number of nitrogens with two attached hydrogens (primary N) is 1. The average Bonchev–Trinajstić information content (AvgIpc) is 2.71. The quantitative estimate of drug-likeness (QED) is 0.797. The van der Waals surface area contributed by atoms with E-state index in [0.29, 0.717) is 23.6 Å². The Morgan fingerprint density at radius 3 is 2.80 bits per heavy atom. The lowest BCUT2D eigenvalue weighted by molar-refractivity contribution is 0.0947. The number of hydrogen-bond acceptors (Lipinski definition) is 5. The zero-order chi connectivity index (χ0) is 14.8. The summed E-state index contributed by atoms with van der Waals surface area (Å²) in [6.45, 7) is 2.33. The molecule has 0 saturated carbocycles. The maximum atomic E-state index is 12.0. The predicted octanol–water partition coefficient (Wildman–Crippen LogP) is 0.708. The third kappa shape index (κ3) is 3.30. The number of benzene rings is 1. The Morgan fingerprint density at radius 1 is 1.50 bits per heavy atom. The lowest BCUT2D eigenvalue weighted by Crippen LogP contribution is -2.35. The van der Waals surface area contributed by atoms with Crippen molar-refractivity contribution in [2.24, 2.45) is 0 Å². The third-order valence-corrected chi connectivity index (χ3v) is 4.21. The molecule has 1 aliphatic rings. The molecule has 1 aromatic rings. The van der Waals surface area contributed by atoms with Gasteiger partial charge in [0.2, 0.25) is 0 Å². The van der Waals surface area contributed by atoms with Gasteiger partial charge in [0, 0.05) is 11.0 Å². The van der Waals surface area contributed by atoms with Crippen LogP contribution in [0.25, 0.3) is 0 Å². The van der Waals surface area contributed by atoms with Gasteiger partial charge in [0.15, 0.2) is 9.84 Å². The first-order valence-corrected chi connectivity index (χ1v) is 7.87. The summed E-state index contributed by atoms with van der Waals surface area (Å²) < 4.78 is 27.8. The number of sulfone groups is 1. The molecule has 1 atom stereocenters. The monoisotopic (exact) mass is 296 g/mol. The van der Waals surface area contributed by atoms with E-state index in [1.54, 1.807) is 12.1 Å². The first-order valence-electron chi connectivity index (χ1n) is 6.15. The van der Waals surface area contributed by atoms with E-state index in [2.05, 4.69) is 5.32 Å². The van der Waals surface area contributed by atoms with Crippen LogP contribution in [0.5, 0.6) is 5.75 Å². The summed E-state index contributed by atoms with van der Waals surface area (Å²) in [4.78, 5) is 12.0. The minimum absolute atomic E-state index is 0.106. The maximum Gasteiger partial charge on any atom is 0.251 e. The van der Waals surface area contributed by atoms with E-state index in [1.165, 1.54) is 12.1 Å². The standard InChI is InChI=1S/C13H16N2O4S/c1-2-19-12-4-3-9(7-11(12)14)13(16)15-10-5-6-20(17,18)8-10/h3-7,10H,2,8,14H2,1H3,(H,15,16). The van der Waals surface area contributed by atoms with E-state index < -0.39 is 15.9 Å². The maximum absolute atomic E-state index is 12.0. The lowest BCUT2D eigenvalue weighted by Gasteiger charge is -2.12. The van der Waals surface area contributed by atoms with Gasteiger partial charge in [-0.1, -0.05) is 0 Å². The van der Waals surface area contributed by atoms with Gasteiger partial charge in [-0.3, -0.25) is 4.79 Å². The van der Waals surface area contributed by atoms with E-state index in [0.717, 1.165) is 5.41 Å². The molecule has 6 nitrogen and oxygen atoms in total.